The highest BCUT2D eigenvalue weighted by Gasteiger charge is 2.42. The van der Waals surface area contributed by atoms with Gasteiger partial charge in [-0.05, 0) is 68.2 Å². The van der Waals surface area contributed by atoms with Gasteiger partial charge in [0.05, 0.1) is 45.5 Å². The van der Waals surface area contributed by atoms with Crippen LogP contribution in [0.1, 0.15) is 12.3 Å². The van der Waals surface area contributed by atoms with Crippen LogP contribution in [0.5, 0.6) is 0 Å². The second kappa shape index (κ2) is 14.5. The highest BCUT2D eigenvalue weighted by atomic mass is 28.3. The molecule has 10 aromatic carbocycles. The molecule has 0 atom stereocenters. The lowest BCUT2D eigenvalue weighted by Crippen LogP contribution is -2.74. The van der Waals surface area contributed by atoms with Gasteiger partial charge in [0.2, 0.25) is 0 Å². The Hall–Kier alpha value is -8.18. The van der Waals surface area contributed by atoms with Crippen LogP contribution in [-0.4, -0.2) is 17.2 Å². The normalized spacial score (nSPS) is 14.0. The van der Waals surface area contributed by atoms with Gasteiger partial charge in [0, 0.05) is 38.7 Å². The Bertz CT molecular complexity index is 4340. The van der Waals surface area contributed by atoms with E-state index in [-0.39, 0.29) is 62.7 Å². The first-order valence-electron chi connectivity index (χ1n) is 25.8. The van der Waals surface area contributed by atoms with Crippen LogP contribution in [0.2, 0.25) is 0 Å². The maximum Gasteiger partial charge on any atom is 0.179 e. The van der Waals surface area contributed by atoms with Crippen molar-refractivity contribution < 1.29 is 16.8 Å². The number of nitrogens with zero attached hydrogens (tertiary/aromatic N) is 2. The molecule has 0 radical (unpaired) electrons. The molecule has 0 saturated heterocycles. The van der Waals surface area contributed by atoms with Crippen molar-refractivity contribution in [3.8, 4) is 22.5 Å². The molecule has 0 aliphatic heterocycles. The molecule has 0 spiro atoms. The van der Waals surface area contributed by atoms with Crippen molar-refractivity contribution in [2.45, 2.75) is 0 Å². The molecule has 3 nitrogen and oxygen atoms in total. The third-order valence-electron chi connectivity index (χ3n) is 12.8. The van der Waals surface area contributed by atoms with Crippen LogP contribution in [0.3, 0.4) is 0 Å². The lowest BCUT2D eigenvalue weighted by molar-refractivity contribution is 0.669. The van der Waals surface area contributed by atoms with E-state index in [4.69, 9.17) is 8.53 Å². The Labute approximate surface area is 384 Å². The van der Waals surface area contributed by atoms with Gasteiger partial charge >= 0.3 is 0 Å². The minimum absolute atomic E-state index is 0.0168. The molecule has 300 valence electrons. The van der Waals surface area contributed by atoms with Crippen LogP contribution >= 0.6 is 0 Å². The lowest BCUT2D eigenvalue weighted by atomic mass is 10.1. The van der Waals surface area contributed by atoms with E-state index in [0.717, 1.165) is 53.7 Å². The molecule has 13 aromatic rings. The Balaban J connectivity index is 1.26. The molecular formula is C60H40N2OSi. The zero-order valence-electron chi connectivity index (χ0n) is 43.2. The largest absolute Gasteiger partial charge is 0.456 e. The second-order valence-corrected chi connectivity index (χ2v) is 19.9. The fraction of sp³-hybridized carbons (Fsp3) is 0. The van der Waals surface area contributed by atoms with Gasteiger partial charge in [-0.3, -0.25) is 0 Å². The monoisotopic (exact) mass is 841 g/mol. The number of benzene rings is 10. The summed E-state index contributed by atoms with van der Waals surface area (Å²) in [4.78, 5) is 0. The molecule has 0 aliphatic rings. The molecule has 4 heteroatoms. The van der Waals surface area contributed by atoms with Gasteiger partial charge in [0.25, 0.3) is 0 Å². The molecule has 64 heavy (non-hydrogen) atoms. The van der Waals surface area contributed by atoms with Gasteiger partial charge in [-0.15, -0.1) is 0 Å². The van der Waals surface area contributed by atoms with E-state index < -0.39 is 38.3 Å². The molecule has 13 rings (SSSR count). The van der Waals surface area contributed by atoms with Crippen LogP contribution in [0.25, 0.3) is 88.1 Å². The molecular weight excluding hydrogens is 793 g/mol. The van der Waals surface area contributed by atoms with Crippen molar-refractivity contribution in [3.63, 3.8) is 0 Å². The highest BCUT2D eigenvalue weighted by molar-refractivity contribution is 7.20. The van der Waals surface area contributed by atoms with E-state index in [1.165, 1.54) is 0 Å². The Kier molecular flexibility index (Phi) is 6.42. The summed E-state index contributed by atoms with van der Waals surface area (Å²) in [6.07, 6.45) is 0. The third-order valence-corrected chi connectivity index (χ3v) is 17.6. The quantitative estimate of drug-likeness (QED) is 0.116. The summed E-state index contributed by atoms with van der Waals surface area (Å²) in [6, 6.07) is 60.3. The molecule has 0 aliphatic carbocycles. The van der Waals surface area contributed by atoms with E-state index >= 15 is 0 Å². The van der Waals surface area contributed by atoms with Crippen molar-refractivity contribution in [2.75, 3.05) is 0 Å². The van der Waals surface area contributed by atoms with E-state index in [0.29, 0.717) is 16.6 Å². The summed E-state index contributed by atoms with van der Waals surface area (Å²) in [6.45, 7) is 0. The zero-order valence-corrected chi connectivity index (χ0v) is 35.2. The van der Waals surface area contributed by atoms with Crippen molar-refractivity contribution in [1.29, 1.82) is 0 Å². The smallest absolute Gasteiger partial charge is 0.179 e. The second-order valence-electron chi connectivity index (χ2n) is 16.1. The average molecular weight is 842 g/mol. The standard InChI is InChI=1S/C60H40N2OSi/c1-4-20-41(21-5-1)42-22-18-28-46(38-42)64(44-24-6-2-7-25-44,45-26-8-3-9-27-45)47-29-19-23-43(39-47)61-54-36-16-12-32-50(54)58-55(40-57-59(60(58)61)51-33-13-17-37-56(51)63-57)62-52-34-14-10-30-48(52)49-31-11-15-35-53(49)62/h1-40H/i12D,13D,16D,17D,32D,33D,36D,37D,40D. The maximum atomic E-state index is 10.3. The lowest BCUT2D eigenvalue weighted by Gasteiger charge is -2.35. The summed E-state index contributed by atoms with van der Waals surface area (Å²) in [5, 5.41) is 6.78. The predicted molar refractivity (Wildman–Crippen MR) is 271 cm³/mol. The van der Waals surface area contributed by atoms with Crippen molar-refractivity contribution in [2.24, 2.45) is 0 Å². The van der Waals surface area contributed by atoms with Gasteiger partial charge in [-0.2, -0.15) is 0 Å². The molecule has 0 amide bonds. The maximum absolute atomic E-state index is 10.3. The molecule has 0 unspecified atom stereocenters. The van der Waals surface area contributed by atoms with Gasteiger partial charge < -0.3 is 13.6 Å². The van der Waals surface area contributed by atoms with Gasteiger partial charge in [-0.1, -0.05) is 200 Å². The molecule has 3 heterocycles. The van der Waals surface area contributed by atoms with Gasteiger partial charge in [0.15, 0.2) is 8.07 Å². The first kappa shape index (κ1) is 28.4. The minimum Gasteiger partial charge on any atom is -0.456 e. The van der Waals surface area contributed by atoms with Crippen molar-refractivity contribution >= 4 is 94.4 Å². The van der Waals surface area contributed by atoms with Crippen molar-refractivity contribution in [1.82, 2.24) is 9.13 Å². The summed E-state index contributed by atoms with van der Waals surface area (Å²) in [5.74, 6) is 0. The SMILES string of the molecule is [2H]c1c([2H])c([2H])c2c(oc3c([2H])c(-n4c5ccccc5c5ccccc54)c4c5c([2H])c([2H])c([2H])c([2H])c5n(-c5cccc([Si](c6ccccc6)(c6ccccc6)c6cccc(-c7ccccc7)c6)c5)c4c32)c1[2H]. The highest BCUT2D eigenvalue weighted by Crippen LogP contribution is 2.45. The number of hydrogen-bond donors (Lipinski definition) is 0. The van der Waals surface area contributed by atoms with E-state index in [2.05, 4.69) is 97.1 Å². The number of rotatable bonds is 7. The zero-order chi connectivity index (χ0) is 50.0. The summed E-state index contributed by atoms with van der Waals surface area (Å²) >= 11 is 0. The Morgan fingerprint density at radius 3 is 1.64 bits per heavy atom. The Morgan fingerprint density at radius 1 is 0.391 bits per heavy atom. The summed E-state index contributed by atoms with van der Waals surface area (Å²) in [7, 11) is -3.34. The average Bonchev–Trinajstić information content (AvgIpc) is 4.13. The van der Waals surface area contributed by atoms with E-state index in [1.54, 1.807) is 0 Å². The molecule has 0 bridgehead atoms. The number of hydrogen-bond acceptors (Lipinski definition) is 1. The molecule has 0 N–H and O–H groups in total. The van der Waals surface area contributed by atoms with Crippen LogP contribution in [0.4, 0.5) is 0 Å². The first-order valence-corrected chi connectivity index (χ1v) is 23.3. The topological polar surface area (TPSA) is 23.0 Å². The number of aromatic nitrogens is 2. The molecule has 0 saturated carbocycles. The third kappa shape index (κ3) is 5.33. The summed E-state index contributed by atoms with van der Waals surface area (Å²) in [5.41, 5.74) is 4.70. The number of para-hydroxylation sites is 4. The fourth-order valence-corrected chi connectivity index (χ4v) is 15.0. The van der Waals surface area contributed by atoms with Gasteiger partial charge in [0.1, 0.15) is 11.2 Å². The first-order chi connectivity index (χ1) is 35.5. The van der Waals surface area contributed by atoms with Crippen molar-refractivity contribution in [3.05, 3.63) is 242 Å². The van der Waals surface area contributed by atoms with E-state index in [9.17, 15) is 8.22 Å². The van der Waals surface area contributed by atoms with Crippen LogP contribution in [0, 0.1) is 0 Å². The predicted octanol–water partition coefficient (Wildman–Crippen LogP) is 12.8. The van der Waals surface area contributed by atoms with Gasteiger partial charge in [-0.25, -0.2) is 0 Å². The fourth-order valence-electron chi connectivity index (χ4n) is 10.2. The van der Waals surface area contributed by atoms with E-state index in [1.807, 2.05) is 100 Å². The summed E-state index contributed by atoms with van der Waals surface area (Å²) < 4.78 is 95.1. The van der Waals surface area contributed by atoms with Crippen LogP contribution in [0.15, 0.2) is 247 Å². The Morgan fingerprint density at radius 2 is 0.938 bits per heavy atom. The van der Waals surface area contributed by atoms with Crippen LogP contribution in [-0.2, 0) is 0 Å². The minimum atomic E-state index is -3.34. The van der Waals surface area contributed by atoms with Crippen LogP contribution < -0.4 is 20.7 Å². The molecule has 3 aromatic heterocycles. The number of furan rings is 1. The number of fused-ring (bicyclic) bond motifs is 10. The molecule has 0 fully saturated rings.